The van der Waals surface area contributed by atoms with Gasteiger partial charge in [0.15, 0.2) is 0 Å². The summed E-state index contributed by atoms with van der Waals surface area (Å²) in [4.78, 5) is 4.81. The third kappa shape index (κ3) is 6.39. The van der Waals surface area contributed by atoms with E-state index >= 15 is 0 Å². The molecule has 4 aromatic carbocycles. The zero-order valence-corrected chi connectivity index (χ0v) is 23.2. The Morgan fingerprint density at radius 1 is 0.611 bits per heavy atom. The van der Waals surface area contributed by atoms with Crippen LogP contribution in [0.25, 0.3) is 11.1 Å². The van der Waals surface area contributed by atoms with Gasteiger partial charge in [-0.1, -0.05) is 71.3 Å². The summed E-state index contributed by atoms with van der Waals surface area (Å²) in [5, 5.41) is 0. The van der Waals surface area contributed by atoms with Gasteiger partial charge in [0.2, 0.25) is 0 Å². The minimum atomic E-state index is 0. The summed E-state index contributed by atoms with van der Waals surface area (Å²) in [5.74, 6) is 0. The van der Waals surface area contributed by atoms with Crippen LogP contribution < -0.4 is 9.80 Å². The van der Waals surface area contributed by atoms with Gasteiger partial charge in [-0.25, -0.2) is 0 Å². The maximum absolute atomic E-state index is 3.18. The monoisotopic (exact) mass is 518 g/mol. The quantitative estimate of drug-likeness (QED) is 0.199. The normalized spacial score (nSPS) is 12.6. The summed E-state index contributed by atoms with van der Waals surface area (Å²) in [6.07, 6.45) is 0. The van der Waals surface area contributed by atoms with Gasteiger partial charge in [0, 0.05) is 24.5 Å². The summed E-state index contributed by atoms with van der Waals surface area (Å²) in [6, 6.07) is 30.6. The molecule has 188 valence electrons. The topological polar surface area (TPSA) is 6.48 Å². The first kappa shape index (κ1) is 27.6. The molecule has 1 aliphatic rings. The third-order valence-electron chi connectivity index (χ3n) is 6.50. The predicted molar refractivity (Wildman–Crippen MR) is 151 cm³/mol. The molecule has 5 rings (SSSR count). The van der Waals surface area contributed by atoms with Gasteiger partial charge >= 0.3 is 16.5 Å². The SMILES string of the molecule is Cc1cc(C)c(N2[CH-]N(c3c(C)cc(C)cc3C)CC2)c(C)c1.[Ni+2].[c-]1ccccc1-c1ccccc1. The number of hydrogen-bond acceptors (Lipinski definition) is 2. The molecule has 0 saturated carbocycles. The smallest absolute Gasteiger partial charge is 0.502 e. The van der Waals surface area contributed by atoms with Crippen LogP contribution in [0.2, 0.25) is 0 Å². The van der Waals surface area contributed by atoms with E-state index in [1.807, 2.05) is 36.4 Å². The fourth-order valence-electron chi connectivity index (χ4n) is 5.28. The molecule has 1 heterocycles. The van der Waals surface area contributed by atoms with E-state index in [2.05, 4.69) is 107 Å². The van der Waals surface area contributed by atoms with Gasteiger partial charge in [-0.3, -0.25) is 0 Å². The number of rotatable bonds is 3. The summed E-state index contributed by atoms with van der Waals surface area (Å²) >= 11 is 0. The van der Waals surface area contributed by atoms with Crippen LogP contribution >= 0.6 is 0 Å². The summed E-state index contributed by atoms with van der Waals surface area (Å²) in [6.45, 7) is 17.6. The van der Waals surface area contributed by atoms with Crippen LogP contribution in [0.3, 0.4) is 0 Å². The Balaban J connectivity index is 0.000000234. The number of nitrogens with zero attached hydrogens (tertiary/aromatic N) is 2. The van der Waals surface area contributed by atoms with Gasteiger partial charge in [-0.2, -0.15) is 6.67 Å². The molecule has 0 aromatic heterocycles. The van der Waals surface area contributed by atoms with Crippen LogP contribution in [0.1, 0.15) is 33.4 Å². The first-order valence-corrected chi connectivity index (χ1v) is 12.4. The Morgan fingerprint density at radius 3 is 1.47 bits per heavy atom. The van der Waals surface area contributed by atoms with Crippen molar-refractivity contribution in [3.63, 3.8) is 0 Å². The van der Waals surface area contributed by atoms with Crippen molar-refractivity contribution < 1.29 is 16.5 Å². The molecule has 4 aromatic rings. The van der Waals surface area contributed by atoms with E-state index in [0.717, 1.165) is 18.7 Å². The van der Waals surface area contributed by atoms with Crippen LogP contribution in [0, 0.1) is 54.3 Å². The van der Waals surface area contributed by atoms with Gasteiger partial charge in [0.05, 0.1) is 0 Å². The maximum atomic E-state index is 3.18. The van der Waals surface area contributed by atoms with E-state index in [0.29, 0.717) is 0 Å². The molecule has 0 spiro atoms. The number of anilines is 2. The van der Waals surface area contributed by atoms with E-state index in [1.165, 1.54) is 50.3 Å². The Morgan fingerprint density at radius 2 is 1.06 bits per heavy atom. The standard InChI is InChI=1S/C21H27N2.C12H9.Ni/c1-14-9-16(3)20(17(4)10-14)22-7-8-23(13-22)21-18(5)11-15(2)12-19(21)6;1-3-7-11(8-4-1)12-9-5-2-6-10-12;/h9-13H,7-8H2,1-6H3;1-9H;/q2*-1;+2. The second kappa shape index (κ2) is 12.3. The van der Waals surface area contributed by atoms with Crippen molar-refractivity contribution in [3.8, 4) is 11.1 Å². The molecule has 1 fully saturated rings. The first-order valence-electron chi connectivity index (χ1n) is 12.4. The van der Waals surface area contributed by atoms with Gasteiger partial charge in [-0.05, 0) is 63.8 Å². The van der Waals surface area contributed by atoms with Gasteiger partial charge in [-0.15, -0.1) is 35.9 Å². The zero-order valence-electron chi connectivity index (χ0n) is 22.2. The second-order valence-corrected chi connectivity index (χ2v) is 9.64. The van der Waals surface area contributed by atoms with Crippen LogP contribution in [0.4, 0.5) is 11.4 Å². The van der Waals surface area contributed by atoms with Crippen LogP contribution in [0.15, 0.2) is 78.9 Å². The molecule has 0 radical (unpaired) electrons. The molecular formula is C33H36N2Ni. The fraction of sp³-hybridized carbons (Fsp3) is 0.242. The van der Waals surface area contributed by atoms with Crippen LogP contribution in [0.5, 0.6) is 0 Å². The third-order valence-corrected chi connectivity index (χ3v) is 6.50. The van der Waals surface area contributed by atoms with Gasteiger partial charge in [0.1, 0.15) is 0 Å². The molecule has 0 atom stereocenters. The molecule has 36 heavy (non-hydrogen) atoms. The van der Waals surface area contributed by atoms with Crippen molar-refractivity contribution in [1.29, 1.82) is 0 Å². The van der Waals surface area contributed by atoms with Crippen molar-refractivity contribution >= 4 is 11.4 Å². The second-order valence-electron chi connectivity index (χ2n) is 9.64. The van der Waals surface area contributed by atoms with E-state index in [-0.39, 0.29) is 16.5 Å². The van der Waals surface area contributed by atoms with Crippen molar-refractivity contribution in [2.45, 2.75) is 41.5 Å². The van der Waals surface area contributed by atoms with E-state index < -0.39 is 0 Å². The van der Waals surface area contributed by atoms with Crippen molar-refractivity contribution in [2.75, 3.05) is 22.9 Å². The van der Waals surface area contributed by atoms with E-state index in [9.17, 15) is 0 Å². The molecule has 0 N–H and O–H groups in total. The van der Waals surface area contributed by atoms with Gasteiger partial charge in [0.25, 0.3) is 0 Å². The molecule has 2 nitrogen and oxygen atoms in total. The number of hydrogen-bond donors (Lipinski definition) is 0. The summed E-state index contributed by atoms with van der Waals surface area (Å²) in [5.41, 5.74) is 13.2. The Kier molecular flexibility index (Phi) is 9.40. The van der Waals surface area contributed by atoms with Crippen LogP contribution in [-0.2, 0) is 16.5 Å². The average Bonchev–Trinajstić information content (AvgIpc) is 3.28. The number of aryl methyl sites for hydroxylation is 6. The zero-order chi connectivity index (χ0) is 24.9. The summed E-state index contributed by atoms with van der Waals surface area (Å²) < 4.78 is 0. The molecule has 3 heteroatoms. The molecule has 0 aliphatic carbocycles. The molecule has 0 unspecified atom stereocenters. The average molecular weight is 519 g/mol. The molecule has 1 aliphatic heterocycles. The number of benzene rings is 4. The Labute approximate surface area is 227 Å². The largest absolute Gasteiger partial charge is 2.00 e. The van der Waals surface area contributed by atoms with Crippen molar-refractivity contribution in [3.05, 3.63) is 125 Å². The van der Waals surface area contributed by atoms with E-state index in [4.69, 9.17) is 0 Å². The fourth-order valence-corrected chi connectivity index (χ4v) is 5.28. The van der Waals surface area contributed by atoms with E-state index in [1.54, 1.807) is 0 Å². The molecule has 1 saturated heterocycles. The Hall–Kier alpha value is -3.03. The minimum absolute atomic E-state index is 0. The molecule has 0 amide bonds. The minimum Gasteiger partial charge on any atom is -0.502 e. The predicted octanol–water partition coefficient (Wildman–Crippen LogP) is 8.13. The summed E-state index contributed by atoms with van der Waals surface area (Å²) in [7, 11) is 0. The van der Waals surface area contributed by atoms with Crippen molar-refractivity contribution in [1.82, 2.24) is 0 Å². The first-order chi connectivity index (χ1) is 16.8. The van der Waals surface area contributed by atoms with Gasteiger partial charge < -0.3 is 9.80 Å². The Bertz CT molecular complexity index is 1130. The molecule has 0 bridgehead atoms. The maximum Gasteiger partial charge on any atom is 2.00 e. The molecular weight excluding hydrogens is 483 g/mol. The van der Waals surface area contributed by atoms with Crippen LogP contribution in [-0.4, -0.2) is 13.1 Å². The van der Waals surface area contributed by atoms with Crippen molar-refractivity contribution in [2.24, 2.45) is 0 Å².